The maximum atomic E-state index is 9.79. The molecule has 1 saturated heterocycles. The Balaban J connectivity index is 0.00000196. The number of rotatable bonds is 2. The second-order valence-corrected chi connectivity index (χ2v) is 5.09. The second-order valence-electron chi connectivity index (χ2n) is 4.59. The molecule has 1 aliphatic rings. The molecule has 0 amide bonds. The average molecular weight is 258 g/mol. The maximum Gasteiger partial charge on any atom is 0.127 e. The molecule has 1 fully saturated rings. The van der Waals surface area contributed by atoms with Crippen LogP contribution >= 0.6 is 12.6 Å². The smallest absolute Gasteiger partial charge is 0.127 e. The molecule has 1 heterocycles. The fraction of sp³-hybridized carbons (Fsp3) is 1.00. The Labute approximate surface area is 129 Å². The fourth-order valence-electron chi connectivity index (χ4n) is 2.12. The average Bonchev–Trinajstić information content (AvgIpc) is 2.19. The minimum absolute atomic E-state index is 0. The van der Waals surface area contributed by atoms with Crippen LogP contribution < -0.4 is 0 Å². The molecule has 3 unspecified atom stereocenters. The van der Waals surface area contributed by atoms with E-state index in [1.54, 1.807) is 0 Å². The quantitative estimate of drug-likeness (QED) is 0.744. The number of aliphatic hydroxyl groups excluding tert-OH is 1. The van der Waals surface area contributed by atoms with E-state index in [9.17, 15) is 5.11 Å². The summed E-state index contributed by atoms with van der Waals surface area (Å²) in [5, 5.41) is 9.79. The van der Waals surface area contributed by atoms with Crippen LogP contribution in [0.3, 0.4) is 0 Å². The van der Waals surface area contributed by atoms with Crippen LogP contribution in [0, 0.1) is 55.5 Å². The monoisotopic (exact) mass is 258 g/mol. The van der Waals surface area contributed by atoms with Crippen LogP contribution in [0.2, 0.25) is 0 Å². The van der Waals surface area contributed by atoms with Gasteiger partial charge in [0.25, 0.3) is 0 Å². The van der Waals surface area contributed by atoms with Crippen molar-refractivity contribution in [3.05, 3.63) is 0 Å². The first-order valence-corrected chi connectivity index (χ1v) is 6.02. The van der Waals surface area contributed by atoms with E-state index in [2.05, 4.69) is 40.3 Å². The topological polar surface area (TPSA) is 29.5 Å². The molecule has 0 saturated carbocycles. The third-order valence-electron chi connectivity index (χ3n) is 3.68. The van der Waals surface area contributed by atoms with Gasteiger partial charge in [0.1, 0.15) is 5.44 Å². The first kappa shape index (κ1) is 16.5. The summed E-state index contributed by atoms with van der Waals surface area (Å²) in [5.41, 5.74) is -0.319. The zero-order chi connectivity index (χ0) is 10.9. The molecule has 4 heteroatoms. The van der Waals surface area contributed by atoms with Crippen molar-refractivity contribution in [2.45, 2.75) is 51.8 Å². The van der Waals surface area contributed by atoms with E-state index in [0.717, 1.165) is 6.42 Å². The number of hydrogen-bond donors (Lipinski definition) is 2. The summed E-state index contributed by atoms with van der Waals surface area (Å²) in [5.74, 6) is 1.21. The van der Waals surface area contributed by atoms with E-state index in [4.69, 9.17) is 4.74 Å². The van der Waals surface area contributed by atoms with Crippen LogP contribution in [0.4, 0.5) is 0 Å². The van der Waals surface area contributed by atoms with E-state index in [-0.39, 0.29) is 55.2 Å². The summed E-state index contributed by atoms with van der Waals surface area (Å²) in [7, 11) is 0. The van der Waals surface area contributed by atoms with Gasteiger partial charge < -0.3 is 9.84 Å². The van der Waals surface area contributed by atoms with Crippen molar-refractivity contribution in [2.24, 2.45) is 17.8 Å². The standard InChI is InChI=1S/C11H22O2S.Ar/c1-5-6(2)10-8(4)7(3)9(12)11(14)13-10;/h6-12,14H,5H2,1-4H3;/t6-,7-,8-,9?,10?,11?;/m0./s1. The van der Waals surface area contributed by atoms with Gasteiger partial charge in [0.15, 0.2) is 0 Å². The number of hydrogen-bond acceptors (Lipinski definition) is 3. The van der Waals surface area contributed by atoms with Gasteiger partial charge in [-0.1, -0.05) is 34.1 Å². The summed E-state index contributed by atoms with van der Waals surface area (Å²) in [6.07, 6.45) is 0.910. The Morgan fingerprint density at radius 1 is 1.33 bits per heavy atom. The zero-order valence-electron chi connectivity index (χ0n) is 9.83. The molecular weight excluding hydrogens is 236 g/mol. The molecule has 0 spiro atoms. The number of aliphatic hydroxyl groups is 1. The zero-order valence-corrected chi connectivity index (χ0v) is 11.4. The fourth-order valence-corrected chi connectivity index (χ4v) is 2.53. The van der Waals surface area contributed by atoms with Crippen molar-refractivity contribution in [1.82, 2.24) is 0 Å². The predicted molar refractivity (Wildman–Crippen MR) is 61.4 cm³/mol. The van der Waals surface area contributed by atoms with Gasteiger partial charge in [0.2, 0.25) is 0 Å². The largest absolute Gasteiger partial charge is 0.389 e. The van der Waals surface area contributed by atoms with Crippen LogP contribution in [-0.2, 0) is 4.74 Å². The molecule has 1 aliphatic heterocycles. The van der Waals surface area contributed by atoms with Crippen molar-refractivity contribution >= 4 is 12.6 Å². The van der Waals surface area contributed by atoms with E-state index in [1.165, 1.54) is 0 Å². The van der Waals surface area contributed by atoms with Crippen LogP contribution in [0.25, 0.3) is 0 Å². The molecule has 0 radical (unpaired) electrons. The van der Waals surface area contributed by atoms with Gasteiger partial charge in [-0.3, -0.25) is 0 Å². The molecule has 0 aliphatic carbocycles. The molecule has 0 aromatic heterocycles. The number of ether oxygens (including phenoxy) is 1. The van der Waals surface area contributed by atoms with E-state index >= 15 is 0 Å². The Morgan fingerprint density at radius 2 is 1.87 bits per heavy atom. The third-order valence-corrected chi connectivity index (χ3v) is 4.11. The summed E-state index contributed by atoms with van der Waals surface area (Å²) in [6.45, 7) is 8.61. The van der Waals surface area contributed by atoms with Crippen molar-refractivity contribution in [2.75, 3.05) is 0 Å². The van der Waals surface area contributed by atoms with Crippen LogP contribution in [0.5, 0.6) is 0 Å². The molecule has 1 N–H and O–H groups in total. The summed E-state index contributed by atoms with van der Waals surface area (Å²) < 4.78 is 5.75. The predicted octanol–water partition coefficient (Wildman–Crippen LogP) is 2.32. The van der Waals surface area contributed by atoms with Gasteiger partial charge in [0, 0.05) is 37.7 Å². The summed E-state index contributed by atoms with van der Waals surface area (Å²) in [4.78, 5) is 0. The maximum absolute atomic E-state index is 9.79. The van der Waals surface area contributed by atoms with Crippen molar-refractivity contribution in [3.63, 3.8) is 0 Å². The van der Waals surface area contributed by atoms with Gasteiger partial charge in [0.05, 0.1) is 12.2 Å². The van der Waals surface area contributed by atoms with Gasteiger partial charge in [-0.05, 0) is 17.8 Å². The minimum Gasteiger partial charge on any atom is -0.389 e. The van der Waals surface area contributed by atoms with Crippen molar-refractivity contribution < 1.29 is 47.6 Å². The van der Waals surface area contributed by atoms with Crippen LogP contribution in [0.15, 0.2) is 0 Å². The molecule has 1 rings (SSSR count). The normalized spacial score (nSPS) is 43.2. The Kier molecular flexibility index (Phi) is 7.79. The molecular formula is C11H22ArO2S. The molecule has 0 aromatic rings. The SMILES string of the molecule is CC[C@H](C)C1OC(S)C(O)[C@@H](C)[C@@H]1C.[Ar]. The van der Waals surface area contributed by atoms with Gasteiger partial charge in [-0.15, -0.1) is 12.6 Å². The Bertz CT molecular complexity index is 191. The van der Waals surface area contributed by atoms with Crippen molar-refractivity contribution in [3.8, 4) is 0 Å². The first-order chi connectivity index (χ1) is 6.49. The molecule has 2 nitrogen and oxygen atoms in total. The Morgan fingerprint density at radius 3 is 2.33 bits per heavy atom. The molecule has 92 valence electrons. The summed E-state index contributed by atoms with van der Waals surface area (Å²) >= 11 is 4.28. The van der Waals surface area contributed by atoms with E-state index in [1.807, 2.05) is 0 Å². The summed E-state index contributed by atoms with van der Waals surface area (Å²) in [6, 6.07) is 0. The second kappa shape index (κ2) is 7.07. The van der Waals surface area contributed by atoms with E-state index < -0.39 is 6.10 Å². The Hall–Kier alpha value is 1.53. The van der Waals surface area contributed by atoms with Crippen LogP contribution in [-0.4, -0.2) is 22.8 Å². The van der Waals surface area contributed by atoms with E-state index in [0.29, 0.717) is 11.8 Å². The third kappa shape index (κ3) is 3.75. The van der Waals surface area contributed by atoms with Gasteiger partial charge in [-0.2, -0.15) is 0 Å². The van der Waals surface area contributed by atoms with Gasteiger partial charge >= 0.3 is 0 Å². The molecule has 6 atom stereocenters. The van der Waals surface area contributed by atoms with Crippen LogP contribution in [0.1, 0.15) is 34.1 Å². The van der Waals surface area contributed by atoms with Crippen molar-refractivity contribution in [1.29, 1.82) is 0 Å². The molecule has 0 bridgehead atoms. The number of thiol groups is 1. The minimum atomic E-state index is -0.436. The first-order valence-electron chi connectivity index (χ1n) is 5.50. The van der Waals surface area contributed by atoms with Gasteiger partial charge in [-0.25, -0.2) is 0 Å². The molecule has 15 heavy (non-hydrogen) atoms. The molecule has 0 aromatic carbocycles.